The Labute approximate surface area is 243 Å². The monoisotopic (exact) mass is 733 g/mol. The van der Waals surface area contributed by atoms with Gasteiger partial charge in [-0.25, -0.2) is 9.78 Å². The average Bonchev–Trinajstić information content (AvgIpc) is 2.83. The summed E-state index contributed by atoms with van der Waals surface area (Å²) < 4.78 is 133. The number of halogens is 11. The molecule has 0 fully saturated rings. The van der Waals surface area contributed by atoms with Crippen LogP contribution in [0.25, 0.3) is 0 Å². The zero-order chi connectivity index (χ0) is 31.5. The highest BCUT2D eigenvalue weighted by molar-refractivity contribution is 9.11. The summed E-state index contributed by atoms with van der Waals surface area (Å²) in [4.78, 5) is 29.8. The molecule has 0 amide bonds. The van der Waals surface area contributed by atoms with E-state index >= 15 is 0 Å². The molecule has 2 aromatic rings. The SMILES string of the molecule is CCCCn1c(N(c2cc(C(F)(F)F)cc(C(F)(F)F)c2Br)C(OCC)C(=O)OCC)nc(C(F)(F)F)c(Br)c1=O. The van der Waals surface area contributed by atoms with Crippen molar-refractivity contribution >= 4 is 49.5 Å². The van der Waals surface area contributed by atoms with Gasteiger partial charge in [-0.1, -0.05) is 13.3 Å². The van der Waals surface area contributed by atoms with Crippen LogP contribution in [0.15, 0.2) is 25.9 Å². The number of carbonyl (C=O) groups excluding carboxylic acids is 1. The lowest BCUT2D eigenvalue weighted by atomic mass is 10.1. The number of benzene rings is 1. The summed E-state index contributed by atoms with van der Waals surface area (Å²) in [6.07, 6.45) is -17.9. The maximum atomic E-state index is 13.9. The molecule has 0 saturated heterocycles. The van der Waals surface area contributed by atoms with Crippen LogP contribution in [0.3, 0.4) is 0 Å². The molecular formula is C23H22Br2F9N3O4. The van der Waals surface area contributed by atoms with Gasteiger partial charge in [0, 0.05) is 13.2 Å². The van der Waals surface area contributed by atoms with Crippen LogP contribution in [0.4, 0.5) is 51.1 Å². The number of carbonyl (C=O) groups is 1. The number of hydrogen-bond acceptors (Lipinski definition) is 6. The second-order valence-corrected chi connectivity index (χ2v) is 9.75. The molecule has 41 heavy (non-hydrogen) atoms. The van der Waals surface area contributed by atoms with E-state index in [-0.39, 0.29) is 36.6 Å². The maximum absolute atomic E-state index is 13.9. The van der Waals surface area contributed by atoms with E-state index in [0.717, 1.165) is 0 Å². The van der Waals surface area contributed by atoms with Gasteiger partial charge >= 0.3 is 24.5 Å². The van der Waals surface area contributed by atoms with Gasteiger partial charge in [0.15, 0.2) is 5.69 Å². The van der Waals surface area contributed by atoms with Crippen molar-refractivity contribution in [1.82, 2.24) is 9.55 Å². The lowest BCUT2D eigenvalue weighted by molar-refractivity contribution is -0.155. The van der Waals surface area contributed by atoms with Crippen molar-refractivity contribution in [2.75, 3.05) is 18.1 Å². The first kappa shape index (κ1) is 34.9. The largest absolute Gasteiger partial charge is 0.463 e. The maximum Gasteiger partial charge on any atom is 0.434 e. The normalized spacial score (nSPS) is 13.3. The summed E-state index contributed by atoms with van der Waals surface area (Å²) in [5, 5.41) is 0. The molecule has 0 aliphatic carbocycles. The van der Waals surface area contributed by atoms with Crippen LogP contribution < -0.4 is 10.5 Å². The molecule has 2 rings (SSSR count). The molecule has 0 spiro atoms. The van der Waals surface area contributed by atoms with Crippen LogP contribution in [0.1, 0.15) is 50.4 Å². The lowest BCUT2D eigenvalue weighted by Gasteiger charge is -2.34. The number of nitrogens with zero attached hydrogens (tertiary/aromatic N) is 3. The number of aromatic nitrogens is 2. The Hall–Kier alpha value is -2.34. The molecule has 0 saturated carbocycles. The van der Waals surface area contributed by atoms with Gasteiger partial charge in [-0.05, 0) is 64.3 Å². The molecule has 1 unspecified atom stereocenters. The van der Waals surface area contributed by atoms with Crippen molar-refractivity contribution in [1.29, 1.82) is 0 Å². The first-order valence-electron chi connectivity index (χ1n) is 11.7. The number of anilines is 2. The van der Waals surface area contributed by atoms with Crippen LogP contribution in [0.2, 0.25) is 0 Å². The third-order valence-corrected chi connectivity index (χ3v) is 6.85. The Morgan fingerprint density at radius 2 is 1.56 bits per heavy atom. The van der Waals surface area contributed by atoms with Crippen molar-refractivity contribution in [2.45, 2.75) is 64.9 Å². The van der Waals surface area contributed by atoms with Crippen LogP contribution in [-0.4, -0.2) is 35.0 Å². The molecule has 230 valence electrons. The minimum atomic E-state index is -5.41. The number of alkyl halides is 9. The van der Waals surface area contributed by atoms with Crippen LogP contribution >= 0.6 is 31.9 Å². The predicted octanol–water partition coefficient (Wildman–Crippen LogP) is 7.69. The summed E-state index contributed by atoms with van der Waals surface area (Å²) in [5.74, 6) is -2.50. The Kier molecular flexibility index (Phi) is 11.3. The highest BCUT2D eigenvalue weighted by Gasteiger charge is 2.44. The van der Waals surface area contributed by atoms with Crippen molar-refractivity contribution < 1.29 is 53.8 Å². The van der Waals surface area contributed by atoms with Crippen LogP contribution in [-0.2, 0) is 39.3 Å². The first-order chi connectivity index (χ1) is 18.8. The molecular weight excluding hydrogens is 713 g/mol. The van der Waals surface area contributed by atoms with Crippen molar-refractivity contribution in [3.05, 3.63) is 48.3 Å². The van der Waals surface area contributed by atoms with Gasteiger partial charge in [0.25, 0.3) is 5.56 Å². The Balaban J connectivity index is 3.24. The van der Waals surface area contributed by atoms with E-state index in [1.807, 2.05) is 0 Å². The Morgan fingerprint density at radius 3 is 2.02 bits per heavy atom. The van der Waals surface area contributed by atoms with E-state index in [9.17, 15) is 49.1 Å². The van der Waals surface area contributed by atoms with Gasteiger partial charge in [-0.2, -0.15) is 39.5 Å². The van der Waals surface area contributed by atoms with Gasteiger partial charge in [-0.3, -0.25) is 14.3 Å². The molecule has 0 aliphatic heterocycles. The first-order valence-corrected chi connectivity index (χ1v) is 13.3. The fourth-order valence-electron chi connectivity index (χ4n) is 3.52. The summed E-state index contributed by atoms with van der Waals surface area (Å²) >= 11 is 5.15. The molecule has 0 aliphatic rings. The van der Waals surface area contributed by atoms with Gasteiger partial charge in [-0.15, -0.1) is 0 Å². The van der Waals surface area contributed by atoms with Crippen LogP contribution in [0, 0.1) is 0 Å². The summed E-state index contributed by atoms with van der Waals surface area (Å²) in [6, 6.07) is -0.0533. The third kappa shape index (κ3) is 7.94. The molecule has 1 aromatic carbocycles. The molecule has 0 bridgehead atoms. The van der Waals surface area contributed by atoms with Gasteiger partial charge < -0.3 is 9.47 Å². The molecule has 1 aromatic heterocycles. The van der Waals surface area contributed by atoms with Crippen molar-refractivity contribution in [3.8, 4) is 0 Å². The summed E-state index contributed by atoms with van der Waals surface area (Å²) in [6.45, 7) is 3.13. The second-order valence-electron chi connectivity index (χ2n) is 8.16. The zero-order valence-electron chi connectivity index (χ0n) is 21.4. The number of unbranched alkanes of at least 4 members (excludes halogenated alkanes) is 1. The standard InChI is InChI=1S/C23H22Br2F9N3O4/c1-4-7-8-36-17(38)15(25)16(23(32,33)34)35-20(36)37(18(40-5-2)19(39)41-6-3)13-10-11(21(26,27)28)9-12(14(13)24)22(29,30)31/h9-10,18H,4-8H2,1-3H3. The number of hydrogen-bond donors (Lipinski definition) is 0. The van der Waals surface area contributed by atoms with Gasteiger partial charge in [0.1, 0.15) is 4.47 Å². The highest BCUT2D eigenvalue weighted by Crippen LogP contribution is 2.46. The molecule has 18 heteroatoms. The van der Waals surface area contributed by atoms with Gasteiger partial charge in [0.2, 0.25) is 12.2 Å². The number of esters is 1. The number of ether oxygens (including phenoxy) is 2. The predicted molar refractivity (Wildman–Crippen MR) is 134 cm³/mol. The molecule has 0 radical (unpaired) electrons. The average molecular weight is 735 g/mol. The summed E-state index contributed by atoms with van der Waals surface area (Å²) in [7, 11) is 0. The lowest BCUT2D eigenvalue weighted by Crippen LogP contribution is -2.45. The van der Waals surface area contributed by atoms with E-state index in [1.54, 1.807) is 6.92 Å². The molecule has 1 heterocycles. The minimum absolute atomic E-state index is 0.122. The quantitative estimate of drug-likeness (QED) is 0.142. The molecule has 0 N–H and O–H groups in total. The fraction of sp³-hybridized carbons (Fsp3) is 0.522. The fourth-order valence-corrected chi connectivity index (χ4v) is 4.69. The van der Waals surface area contributed by atoms with Crippen LogP contribution in [0.5, 0.6) is 0 Å². The van der Waals surface area contributed by atoms with Crippen molar-refractivity contribution in [3.63, 3.8) is 0 Å². The van der Waals surface area contributed by atoms with Gasteiger partial charge in [0.05, 0.1) is 27.9 Å². The topological polar surface area (TPSA) is 73.7 Å². The van der Waals surface area contributed by atoms with Crippen molar-refractivity contribution in [2.24, 2.45) is 0 Å². The minimum Gasteiger partial charge on any atom is -0.463 e. The van der Waals surface area contributed by atoms with E-state index in [0.29, 0.717) is 11.0 Å². The second kappa shape index (κ2) is 13.3. The van der Waals surface area contributed by atoms with E-state index in [1.165, 1.54) is 13.8 Å². The highest BCUT2D eigenvalue weighted by atomic mass is 79.9. The smallest absolute Gasteiger partial charge is 0.434 e. The Morgan fingerprint density at radius 1 is 0.951 bits per heavy atom. The number of rotatable bonds is 10. The third-order valence-electron chi connectivity index (χ3n) is 5.31. The van der Waals surface area contributed by atoms with E-state index in [4.69, 9.17) is 9.47 Å². The molecule has 1 atom stereocenters. The summed E-state index contributed by atoms with van der Waals surface area (Å²) in [5.41, 5.74) is -8.05. The Bertz CT molecular complexity index is 1310. The van der Waals surface area contributed by atoms with E-state index < -0.39 is 80.3 Å². The molecule has 7 nitrogen and oxygen atoms in total. The zero-order valence-corrected chi connectivity index (χ0v) is 24.6. The van der Waals surface area contributed by atoms with E-state index in [2.05, 4.69) is 36.8 Å².